The number of hydrogen-bond donors (Lipinski definition) is 0. The molecule has 94 valence electrons. The summed E-state index contributed by atoms with van der Waals surface area (Å²) in [5.41, 5.74) is 0. The van der Waals surface area contributed by atoms with Crippen molar-refractivity contribution in [1.82, 2.24) is 0 Å². The van der Waals surface area contributed by atoms with Crippen molar-refractivity contribution < 1.29 is 4.79 Å². The van der Waals surface area contributed by atoms with Crippen molar-refractivity contribution in [2.24, 2.45) is 0 Å². The number of aldehydes is 1. The Kier molecular flexibility index (Phi) is 13.9. The molecular weight excluding hydrogens is 196 g/mol. The van der Waals surface area contributed by atoms with Crippen LogP contribution in [0, 0.1) is 0 Å². The van der Waals surface area contributed by atoms with Crippen LogP contribution >= 0.6 is 0 Å². The molecule has 0 bridgehead atoms. The van der Waals surface area contributed by atoms with Crippen LogP contribution in [0.2, 0.25) is 0 Å². The van der Waals surface area contributed by atoms with Crippen LogP contribution in [0.5, 0.6) is 0 Å². The maximum atomic E-state index is 10.0. The maximum absolute atomic E-state index is 10.0. The van der Waals surface area contributed by atoms with Crippen molar-refractivity contribution in [2.75, 3.05) is 0 Å². The highest BCUT2D eigenvalue weighted by molar-refractivity contribution is 5.64. The highest BCUT2D eigenvalue weighted by Crippen LogP contribution is 2.11. The predicted octanol–water partition coefficient (Wildman–Crippen LogP) is 5.05. The summed E-state index contributed by atoms with van der Waals surface area (Å²) in [5.74, 6) is 0. The Labute approximate surface area is 101 Å². The maximum Gasteiger partial charge on any atom is 0.142 e. The van der Waals surface area contributed by atoms with Gasteiger partial charge in [0.2, 0.25) is 0 Å². The molecule has 1 nitrogen and oxygen atoms in total. The number of hydrogen-bond acceptors (Lipinski definition) is 1. The number of carbonyl (C=O) groups excluding carboxylic acids is 1. The topological polar surface area (TPSA) is 17.1 Å². The molecule has 0 N–H and O–H groups in total. The largest absolute Gasteiger partial charge is 0.299 e. The lowest BCUT2D eigenvalue weighted by Gasteiger charge is -2.01. The fourth-order valence-corrected chi connectivity index (χ4v) is 1.90. The number of allylic oxidation sites excluding steroid dienone is 2. The van der Waals surface area contributed by atoms with Crippen LogP contribution in [-0.4, -0.2) is 6.29 Å². The molecule has 0 fully saturated rings. The van der Waals surface area contributed by atoms with Gasteiger partial charge in [0.05, 0.1) is 0 Å². The normalized spacial score (nSPS) is 11.1. The zero-order valence-electron chi connectivity index (χ0n) is 10.9. The molecule has 0 aliphatic rings. The number of carbonyl (C=O) groups is 1. The van der Waals surface area contributed by atoms with Gasteiger partial charge in [0, 0.05) is 0 Å². The van der Waals surface area contributed by atoms with Crippen LogP contribution in [0.4, 0.5) is 0 Å². The summed E-state index contributed by atoms with van der Waals surface area (Å²) in [4.78, 5) is 10.0. The number of rotatable bonds is 12. The molecule has 0 aromatic carbocycles. The SMILES string of the molecule is CCCCCCCCCCCCC=CC=O. The van der Waals surface area contributed by atoms with Crippen LogP contribution in [-0.2, 0) is 4.79 Å². The third kappa shape index (κ3) is 13.4. The molecule has 0 rings (SSSR count). The summed E-state index contributed by atoms with van der Waals surface area (Å²) in [6, 6.07) is 0. The Bertz CT molecular complexity index is 161. The van der Waals surface area contributed by atoms with Crippen molar-refractivity contribution in [3.63, 3.8) is 0 Å². The minimum Gasteiger partial charge on any atom is -0.299 e. The van der Waals surface area contributed by atoms with Gasteiger partial charge in [-0.1, -0.05) is 70.8 Å². The number of unbranched alkanes of at least 4 members (excludes halogenated alkanes) is 10. The van der Waals surface area contributed by atoms with Crippen molar-refractivity contribution in [2.45, 2.75) is 77.6 Å². The summed E-state index contributed by atoms with van der Waals surface area (Å²) in [5, 5.41) is 0. The lowest BCUT2D eigenvalue weighted by atomic mass is 10.1. The first kappa shape index (κ1) is 15.4. The van der Waals surface area contributed by atoms with Crippen LogP contribution in [0.1, 0.15) is 77.6 Å². The second-order valence-electron chi connectivity index (χ2n) is 4.53. The minimum absolute atomic E-state index is 0.857. The first-order valence-corrected chi connectivity index (χ1v) is 7.02. The lowest BCUT2D eigenvalue weighted by molar-refractivity contribution is -0.104. The molecule has 0 atom stereocenters. The molecule has 0 aliphatic carbocycles. The highest BCUT2D eigenvalue weighted by Gasteiger charge is 1.91. The zero-order chi connectivity index (χ0) is 11.9. The van der Waals surface area contributed by atoms with Gasteiger partial charge in [-0.15, -0.1) is 0 Å². The first-order chi connectivity index (χ1) is 7.91. The van der Waals surface area contributed by atoms with E-state index in [2.05, 4.69) is 6.92 Å². The van der Waals surface area contributed by atoms with E-state index in [-0.39, 0.29) is 0 Å². The fourth-order valence-electron chi connectivity index (χ4n) is 1.90. The minimum atomic E-state index is 0.857. The van der Waals surface area contributed by atoms with E-state index in [4.69, 9.17) is 0 Å². The quantitative estimate of drug-likeness (QED) is 0.257. The molecule has 1 heteroatoms. The summed E-state index contributed by atoms with van der Waals surface area (Å²) in [6.07, 6.45) is 19.2. The van der Waals surface area contributed by atoms with Gasteiger partial charge in [-0.2, -0.15) is 0 Å². The summed E-state index contributed by atoms with van der Waals surface area (Å²) < 4.78 is 0. The zero-order valence-corrected chi connectivity index (χ0v) is 10.9. The molecule has 0 saturated carbocycles. The molecule has 0 aliphatic heterocycles. The van der Waals surface area contributed by atoms with E-state index in [0.29, 0.717) is 0 Å². The van der Waals surface area contributed by atoms with Gasteiger partial charge in [-0.3, -0.25) is 4.79 Å². The fraction of sp³-hybridized carbons (Fsp3) is 0.800. The van der Waals surface area contributed by atoms with E-state index < -0.39 is 0 Å². The predicted molar refractivity (Wildman–Crippen MR) is 71.7 cm³/mol. The van der Waals surface area contributed by atoms with Gasteiger partial charge in [-0.05, 0) is 18.9 Å². The van der Waals surface area contributed by atoms with Gasteiger partial charge in [-0.25, -0.2) is 0 Å². The Morgan fingerprint density at radius 2 is 1.25 bits per heavy atom. The molecule has 16 heavy (non-hydrogen) atoms. The molecule has 0 aromatic heterocycles. The van der Waals surface area contributed by atoms with Gasteiger partial charge < -0.3 is 0 Å². The molecule has 0 amide bonds. The van der Waals surface area contributed by atoms with E-state index in [1.165, 1.54) is 64.2 Å². The third-order valence-corrected chi connectivity index (χ3v) is 2.94. The molecule has 0 radical (unpaired) electrons. The van der Waals surface area contributed by atoms with E-state index in [9.17, 15) is 4.79 Å². The van der Waals surface area contributed by atoms with Gasteiger partial charge in [0.25, 0.3) is 0 Å². The van der Waals surface area contributed by atoms with Gasteiger partial charge >= 0.3 is 0 Å². The van der Waals surface area contributed by atoms with Gasteiger partial charge in [0.1, 0.15) is 6.29 Å². The van der Waals surface area contributed by atoms with Crippen molar-refractivity contribution in [3.8, 4) is 0 Å². The lowest BCUT2D eigenvalue weighted by Crippen LogP contribution is -1.81. The Morgan fingerprint density at radius 3 is 1.75 bits per heavy atom. The molecule has 0 heterocycles. The summed E-state index contributed by atoms with van der Waals surface area (Å²) in [6.45, 7) is 2.26. The highest BCUT2D eigenvalue weighted by atomic mass is 16.1. The summed E-state index contributed by atoms with van der Waals surface area (Å²) in [7, 11) is 0. The van der Waals surface area contributed by atoms with Crippen molar-refractivity contribution in [3.05, 3.63) is 12.2 Å². The average Bonchev–Trinajstić information content (AvgIpc) is 2.31. The van der Waals surface area contributed by atoms with Crippen LogP contribution in [0.15, 0.2) is 12.2 Å². The van der Waals surface area contributed by atoms with E-state index >= 15 is 0 Å². The van der Waals surface area contributed by atoms with E-state index in [1.54, 1.807) is 6.08 Å². The molecule has 0 spiro atoms. The van der Waals surface area contributed by atoms with Crippen LogP contribution in [0.25, 0.3) is 0 Å². The molecule has 0 unspecified atom stereocenters. The van der Waals surface area contributed by atoms with E-state index in [0.717, 1.165) is 12.7 Å². The Morgan fingerprint density at radius 1 is 0.750 bits per heavy atom. The smallest absolute Gasteiger partial charge is 0.142 e. The average molecular weight is 224 g/mol. The Hall–Kier alpha value is -0.590. The Balaban J connectivity index is 2.93. The van der Waals surface area contributed by atoms with Crippen molar-refractivity contribution >= 4 is 6.29 Å². The molecule has 0 saturated heterocycles. The monoisotopic (exact) mass is 224 g/mol. The standard InChI is InChI=1S/C15H28O/c1-2-3-4-5-6-7-8-9-10-11-12-13-14-15-16/h13-15H,2-12H2,1H3. The van der Waals surface area contributed by atoms with Crippen LogP contribution in [0.3, 0.4) is 0 Å². The van der Waals surface area contributed by atoms with Crippen molar-refractivity contribution in [1.29, 1.82) is 0 Å². The third-order valence-electron chi connectivity index (χ3n) is 2.94. The second kappa shape index (κ2) is 14.4. The summed E-state index contributed by atoms with van der Waals surface area (Å²) >= 11 is 0. The molecule has 0 aromatic rings. The first-order valence-electron chi connectivity index (χ1n) is 7.02. The van der Waals surface area contributed by atoms with E-state index in [1.807, 2.05) is 6.08 Å². The molecular formula is C15H28O. The second-order valence-corrected chi connectivity index (χ2v) is 4.53. The van der Waals surface area contributed by atoms with Gasteiger partial charge in [0.15, 0.2) is 0 Å². The van der Waals surface area contributed by atoms with Crippen LogP contribution < -0.4 is 0 Å².